The highest BCUT2D eigenvalue weighted by molar-refractivity contribution is 8.13. The number of alkyl halides is 5. The summed E-state index contributed by atoms with van der Waals surface area (Å²) in [6, 6.07) is 0.481. The Morgan fingerprint density at radius 1 is 1.40 bits per heavy atom. The van der Waals surface area contributed by atoms with Crippen molar-refractivity contribution in [2.75, 3.05) is 0 Å². The van der Waals surface area contributed by atoms with Gasteiger partial charge in [0, 0.05) is 23.3 Å². The summed E-state index contributed by atoms with van der Waals surface area (Å²) < 4.78 is 87.3. The van der Waals surface area contributed by atoms with Crippen molar-refractivity contribution in [3.05, 3.63) is 17.3 Å². The number of hydrogen-bond donors (Lipinski definition) is 1. The van der Waals surface area contributed by atoms with Gasteiger partial charge in [-0.2, -0.15) is 0 Å². The molecule has 0 saturated carbocycles. The maximum absolute atomic E-state index is 12.7. The molecule has 0 bridgehead atoms. The first-order valence-electron chi connectivity index (χ1n) is 4.68. The van der Waals surface area contributed by atoms with Gasteiger partial charge in [0.25, 0.3) is 15.5 Å². The molecule has 114 valence electrons. The molecule has 2 N–H and O–H groups in total. The van der Waals surface area contributed by atoms with Gasteiger partial charge in [-0.3, -0.25) is 0 Å². The topological polar surface area (TPSA) is 82.3 Å². The number of nitrogens with zero attached hydrogens (tertiary/aromatic N) is 1. The summed E-state index contributed by atoms with van der Waals surface area (Å²) in [6.07, 6.45) is -8.67. The van der Waals surface area contributed by atoms with Crippen LogP contribution in [0.5, 0.6) is 5.88 Å². The molecular weight excluding hydrogens is 335 g/mol. The fourth-order valence-corrected chi connectivity index (χ4v) is 2.71. The van der Waals surface area contributed by atoms with Gasteiger partial charge in [0.05, 0.1) is 0 Å². The first-order chi connectivity index (χ1) is 8.95. The minimum atomic E-state index is -5.18. The van der Waals surface area contributed by atoms with Gasteiger partial charge in [0.2, 0.25) is 5.88 Å². The minimum absolute atomic E-state index is 0.481. The van der Waals surface area contributed by atoms with Crippen molar-refractivity contribution in [3.8, 4) is 5.88 Å². The number of nitrogens with two attached hydrogens (primary N) is 1. The number of hydrogen-bond acceptors (Lipinski definition) is 5. The van der Waals surface area contributed by atoms with E-state index in [1.807, 2.05) is 0 Å². The fraction of sp³-hybridized carbons (Fsp3) is 0.375. The van der Waals surface area contributed by atoms with Crippen molar-refractivity contribution >= 4 is 19.7 Å². The van der Waals surface area contributed by atoms with Crippen molar-refractivity contribution in [1.82, 2.24) is 4.98 Å². The van der Waals surface area contributed by atoms with E-state index in [0.29, 0.717) is 6.07 Å². The molecular formula is C8H6ClF5N2O3S. The molecule has 1 rings (SSSR count). The molecule has 20 heavy (non-hydrogen) atoms. The second-order valence-electron chi connectivity index (χ2n) is 3.32. The standard InChI is InChI=1S/C8H6ClF5N2O3S/c9-20(17,18)6-3(2-15)1-4(19-8(12,13)14)16-5(6)7(10)11/h1,7H,2,15H2. The highest BCUT2D eigenvalue weighted by atomic mass is 35.7. The van der Waals surface area contributed by atoms with Crippen LogP contribution >= 0.6 is 10.7 Å². The highest BCUT2D eigenvalue weighted by Gasteiger charge is 2.34. The van der Waals surface area contributed by atoms with E-state index in [2.05, 4.69) is 9.72 Å². The molecule has 5 nitrogen and oxygen atoms in total. The summed E-state index contributed by atoms with van der Waals surface area (Å²) in [6.45, 7) is -0.655. The second kappa shape index (κ2) is 5.66. The zero-order valence-corrected chi connectivity index (χ0v) is 10.9. The minimum Gasteiger partial charge on any atom is -0.388 e. The Balaban J connectivity index is 3.55. The lowest BCUT2D eigenvalue weighted by molar-refractivity contribution is -0.276. The van der Waals surface area contributed by atoms with Crippen molar-refractivity contribution in [2.45, 2.75) is 24.2 Å². The van der Waals surface area contributed by atoms with Gasteiger partial charge >= 0.3 is 6.36 Å². The monoisotopic (exact) mass is 340 g/mol. The quantitative estimate of drug-likeness (QED) is 0.672. The molecule has 0 aromatic carbocycles. The maximum Gasteiger partial charge on any atom is 0.574 e. The van der Waals surface area contributed by atoms with Gasteiger partial charge in [0.1, 0.15) is 10.6 Å². The van der Waals surface area contributed by atoms with Crippen LogP contribution in [0, 0.1) is 0 Å². The van der Waals surface area contributed by atoms with Crippen molar-refractivity contribution in [1.29, 1.82) is 0 Å². The molecule has 0 aliphatic rings. The van der Waals surface area contributed by atoms with Gasteiger partial charge in [0.15, 0.2) is 0 Å². The summed E-state index contributed by atoms with van der Waals surface area (Å²) >= 11 is 0. The Morgan fingerprint density at radius 2 is 1.95 bits per heavy atom. The fourth-order valence-electron chi connectivity index (χ4n) is 1.33. The Morgan fingerprint density at radius 3 is 2.30 bits per heavy atom. The van der Waals surface area contributed by atoms with Gasteiger partial charge in [-0.05, 0) is 5.56 Å². The zero-order chi connectivity index (χ0) is 15.7. The lowest BCUT2D eigenvalue weighted by Gasteiger charge is -2.14. The molecule has 0 spiro atoms. The van der Waals surface area contributed by atoms with Gasteiger partial charge in [-0.25, -0.2) is 22.2 Å². The first kappa shape index (κ1) is 16.9. The third kappa shape index (κ3) is 4.15. The van der Waals surface area contributed by atoms with E-state index >= 15 is 0 Å². The number of aromatic nitrogens is 1. The van der Waals surface area contributed by atoms with Crippen LogP contribution in [0.25, 0.3) is 0 Å². The van der Waals surface area contributed by atoms with Crippen molar-refractivity contribution in [2.24, 2.45) is 5.73 Å². The Kier molecular flexibility index (Phi) is 4.77. The Bertz CT molecular complexity index is 605. The molecule has 1 aromatic rings. The van der Waals surface area contributed by atoms with Crippen molar-refractivity contribution < 1.29 is 35.1 Å². The third-order valence-electron chi connectivity index (χ3n) is 1.94. The Hall–Kier alpha value is -1.20. The van der Waals surface area contributed by atoms with Crippen molar-refractivity contribution in [3.63, 3.8) is 0 Å². The SMILES string of the molecule is NCc1cc(OC(F)(F)F)nc(C(F)F)c1S(=O)(=O)Cl. The van der Waals surface area contributed by atoms with Crippen LogP contribution in [-0.2, 0) is 15.6 Å². The summed E-state index contributed by atoms with van der Waals surface area (Å²) in [4.78, 5) is 1.70. The normalized spacial score (nSPS) is 12.8. The van der Waals surface area contributed by atoms with Gasteiger partial charge < -0.3 is 10.5 Å². The van der Waals surface area contributed by atoms with E-state index < -0.39 is 50.4 Å². The molecule has 0 aliphatic carbocycles. The van der Waals surface area contributed by atoms with Crippen LogP contribution < -0.4 is 10.5 Å². The van der Waals surface area contributed by atoms with Crippen LogP contribution in [0.3, 0.4) is 0 Å². The average Bonchev–Trinajstić information content (AvgIpc) is 2.23. The highest BCUT2D eigenvalue weighted by Crippen LogP contribution is 2.33. The number of halogens is 6. The first-order valence-corrected chi connectivity index (χ1v) is 6.99. The molecule has 0 aliphatic heterocycles. The van der Waals surface area contributed by atoms with Crippen LogP contribution in [0.2, 0.25) is 0 Å². The van der Waals surface area contributed by atoms with E-state index in [1.165, 1.54) is 0 Å². The summed E-state index contributed by atoms with van der Waals surface area (Å²) in [5, 5.41) is 0. The molecule has 0 saturated heterocycles. The second-order valence-corrected chi connectivity index (χ2v) is 5.83. The van der Waals surface area contributed by atoms with E-state index in [4.69, 9.17) is 16.4 Å². The predicted molar refractivity (Wildman–Crippen MR) is 56.8 cm³/mol. The molecule has 0 atom stereocenters. The molecule has 0 amide bonds. The molecule has 1 aromatic heterocycles. The van der Waals surface area contributed by atoms with E-state index in [-0.39, 0.29) is 0 Å². The zero-order valence-electron chi connectivity index (χ0n) is 9.29. The van der Waals surface area contributed by atoms with Gasteiger partial charge in [-0.15, -0.1) is 13.2 Å². The van der Waals surface area contributed by atoms with Crippen LogP contribution in [0.15, 0.2) is 11.0 Å². The smallest absolute Gasteiger partial charge is 0.388 e. The average molecular weight is 341 g/mol. The maximum atomic E-state index is 12.7. The lowest BCUT2D eigenvalue weighted by Crippen LogP contribution is -2.20. The van der Waals surface area contributed by atoms with Gasteiger partial charge in [-0.1, -0.05) is 0 Å². The summed E-state index contributed by atoms with van der Waals surface area (Å²) in [7, 11) is 0.289. The molecule has 12 heteroatoms. The third-order valence-corrected chi connectivity index (χ3v) is 3.37. The largest absolute Gasteiger partial charge is 0.574 e. The Labute approximate surface area is 113 Å². The summed E-state index contributed by atoms with van der Waals surface area (Å²) in [5.41, 5.74) is 3.09. The lowest BCUT2D eigenvalue weighted by atomic mass is 10.2. The number of rotatable bonds is 4. The molecule has 0 radical (unpaired) electrons. The van der Waals surface area contributed by atoms with E-state index in [1.54, 1.807) is 0 Å². The number of ether oxygens (including phenoxy) is 1. The van der Waals surface area contributed by atoms with Crippen LogP contribution in [0.4, 0.5) is 22.0 Å². The van der Waals surface area contributed by atoms with Crippen LogP contribution in [-0.4, -0.2) is 19.8 Å². The van der Waals surface area contributed by atoms with E-state index in [0.717, 1.165) is 0 Å². The molecule has 0 fully saturated rings. The number of pyridine rings is 1. The van der Waals surface area contributed by atoms with Crippen LogP contribution in [0.1, 0.15) is 17.7 Å². The molecule has 0 unspecified atom stereocenters. The molecule has 1 heterocycles. The van der Waals surface area contributed by atoms with E-state index in [9.17, 15) is 30.4 Å². The predicted octanol–water partition coefficient (Wildman–Crippen LogP) is 2.30. The summed E-state index contributed by atoms with van der Waals surface area (Å²) in [5.74, 6) is -1.25.